The summed E-state index contributed by atoms with van der Waals surface area (Å²) in [5.41, 5.74) is 15.5. The van der Waals surface area contributed by atoms with Gasteiger partial charge in [-0.15, -0.1) is 0 Å². The van der Waals surface area contributed by atoms with E-state index >= 15 is 0 Å². The van der Waals surface area contributed by atoms with Crippen molar-refractivity contribution < 1.29 is 0 Å². The van der Waals surface area contributed by atoms with E-state index in [2.05, 4.69) is 159 Å². The van der Waals surface area contributed by atoms with Crippen molar-refractivity contribution >= 4 is 83.2 Å². The standard InChI is InChI=1S/C42H24BN3/c1-5-19-35-26(11-1)27-12-2-6-20-36(27)44(35)25-23-33-32-16-9-15-30-29-14-4-8-22-38(29)46(41(30)32)43-34-18-10-17-31-28-13-3-7-21-37(28)45(42(31)34)39(24-25)40(33)43/h1-24H. The first-order valence-electron chi connectivity index (χ1n) is 16.1. The molecule has 0 unspecified atom stereocenters. The predicted molar refractivity (Wildman–Crippen MR) is 194 cm³/mol. The van der Waals surface area contributed by atoms with Gasteiger partial charge in [-0.05, 0) is 52.9 Å². The van der Waals surface area contributed by atoms with E-state index in [4.69, 9.17) is 0 Å². The van der Waals surface area contributed by atoms with Crippen LogP contribution in [0.1, 0.15) is 0 Å². The van der Waals surface area contributed by atoms with Gasteiger partial charge in [0, 0.05) is 60.3 Å². The summed E-state index contributed by atoms with van der Waals surface area (Å²) in [6.45, 7) is 0.0648. The second-order valence-corrected chi connectivity index (χ2v) is 12.9. The van der Waals surface area contributed by atoms with E-state index in [0.29, 0.717) is 0 Å². The van der Waals surface area contributed by atoms with Crippen molar-refractivity contribution in [2.24, 2.45) is 0 Å². The maximum atomic E-state index is 2.64. The SMILES string of the molecule is c1ccc2c(c1)c1cccc3c1n2B1c2c-3cc(-n3c4ccccc4c4ccccc43)cc2-n2c3ccccc3c3cccc1c32. The van der Waals surface area contributed by atoms with Crippen LogP contribution in [0, 0.1) is 0 Å². The minimum atomic E-state index is 0.0648. The molecule has 10 aromatic rings. The Kier molecular flexibility index (Phi) is 4.06. The molecular formula is C42H24BN3. The topological polar surface area (TPSA) is 14.8 Å². The zero-order valence-electron chi connectivity index (χ0n) is 24.8. The molecule has 0 bridgehead atoms. The number of rotatable bonds is 1. The van der Waals surface area contributed by atoms with Crippen molar-refractivity contribution in [3.8, 4) is 22.5 Å². The highest BCUT2D eigenvalue weighted by atomic mass is 15.0. The molecule has 210 valence electrons. The molecule has 0 aliphatic carbocycles. The molecule has 2 aliphatic heterocycles. The highest BCUT2D eigenvalue weighted by Crippen LogP contribution is 2.44. The van der Waals surface area contributed by atoms with Crippen LogP contribution in [0.2, 0.25) is 0 Å². The summed E-state index contributed by atoms with van der Waals surface area (Å²) in [6.07, 6.45) is 0. The molecule has 0 saturated carbocycles. The van der Waals surface area contributed by atoms with Crippen molar-refractivity contribution in [1.29, 1.82) is 0 Å². The summed E-state index contributed by atoms with van der Waals surface area (Å²) in [5, 5.41) is 7.81. The summed E-state index contributed by atoms with van der Waals surface area (Å²) in [4.78, 5) is 0. The van der Waals surface area contributed by atoms with Crippen molar-refractivity contribution in [2.45, 2.75) is 0 Å². The summed E-state index contributed by atoms with van der Waals surface area (Å²) >= 11 is 0. The molecule has 46 heavy (non-hydrogen) atoms. The molecule has 0 atom stereocenters. The molecule has 0 fully saturated rings. The first-order valence-corrected chi connectivity index (χ1v) is 16.1. The van der Waals surface area contributed by atoms with E-state index in [-0.39, 0.29) is 6.85 Å². The van der Waals surface area contributed by atoms with Gasteiger partial charge in [0.25, 0.3) is 0 Å². The van der Waals surface area contributed by atoms with Crippen LogP contribution in [0.15, 0.2) is 146 Å². The highest BCUT2D eigenvalue weighted by Gasteiger charge is 2.41. The fourth-order valence-electron chi connectivity index (χ4n) is 9.13. The van der Waals surface area contributed by atoms with Gasteiger partial charge in [-0.1, -0.05) is 109 Å². The number of para-hydroxylation sites is 6. The second-order valence-electron chi connectivity index (χ2n) is 12.9. The van der Waals surface area contributed by atoms with Crippen molar-refractivity contribution in [2.75, 3.05) is 0 Å². The fraction of sp³-hybridized carbons (Fsp3) is 0. The Hall–Kier alpha value is -6.00. The zero-order chi connectivity index (χ0) is 29.7. The lowest BCUT2D eigenvalue weighted by Crippen LogP contribution is -2.55. The summed E-state index contributed by atoms with van der Waals surface area (Å²) in [6, 6.07) is 54.3. The van der Waals surface area contributed by atoms with E-state index in [1.165, 1.54) is 98.8 Å². The maximum Gasteiger partial charge on any atom is 0.333 e. The van der Waals surface area contributed by atoms with Crippen molar-refractivity contribution in [3.05, 3.63) is 146 Å². The molecule has 0 N–H and O–H groups in total. The third-order valence-electron chi connectivity index (χ3n) is 10.8. The van der Waals surface area contributed by atoms with E-state index in [9.17, 15) is 0 Å². The van der Waals surface area contributed by atoms with Crippen LogP contribution in [-0.4, -0.2) is 20.5 Å². The molecule has 3 nitrogen and oxygen atoms in total. The quantitative estimate of drug-likeness (QED) is 0.172. The van der Waals surface area contributed by atoms with Crippen LogP contribution in [0.25, 0.3) is 87.9 Å². The molecule has 0 saturated heterocycles. The van der Waals surface area contributed by atoms with Crippen LogP contribution < -0.4 is 10.9 Å². The Bertz CT molecular complexity index is 2940. The molecule has 3 aromatic heterocycles. The normalized spacial score (nSPS) is 13.2. The van der Waals surface area contributed by atoms with Crippen LogP contribution in [0.4, 0.5) is 0 Å². The van der Waals surface area contributed by atoms with Gasteiger partial charge in [-0.2, -0.15) is 0 Å². The van der Waals surface area contributed by atoms with Gasteiger partial charge in [0.15, 0.2) is 0 Å². The molecule has 12 rings (SSSR count). The highest BCUT2D eigenvalue weighted by molar-refractivity contribution is 6.90. The number of benzene rings is 7. The van der Waals surface area contributed by atoms with Crippen LogP contribution >= 0.6 is 0 Å². The van der Waals surface area contributed by atoms with Gasteiger partial charge in [0.2, 0.25) is 0 Å². The average Bonchev–Trinajstić information content (AvgIpc) is 3.76. The Morgan fingerprint density at radius 2 is 0.913 bits per heavy atom. The molecule has 5 heterocycles. The number of fused-ring (bicyclic) bond motifs is 13. The molecule has 0 amide bonds. The van der Waals surface area contributed by atoms with Gasteiger partial charge in [0.1, 0.15) is 0 Å². The largest absolute Gasteiger partial charge is 0.375 e. The number of hydrogen-bond donors (Lipinski definition) is 0. The van der Waals surface area contributed by atoms with E-state index in [0.717, 1.165) is 0 Å². The molecule has 7 aromatic carbocycles. The van der Waals surface area contributed by atoms with E-state index < -0.39 is 0 Å². The van der Waals surface area contributed by atoms with E-state index in [1.54, 1.807) is 0 Å². The van der Waals surface area contributed by atoms with E-state index in [1.807, 2.05) is 0 Å². The first-order chi connectivity index (χ1) is 22.9. The van der Waals surface area contributed by atoms with Gasteiger partial charge >= 0.3 is 6.85 Å². The molecule has 4 heteroatoms. The smallest absolute Gasteiger partial charge is 0.333 e. The zero-order valence-corrected chi connectivity index (χ0v) is 24.8. The van der Waals surface area contributed by atoms with Gasteiger partial charge < -0.3 is 13.6 Å². The molecular weight excluding hydrogens is 557 g/mol. The Balaban J connectivity index is 1.34. The average molecular weight is 581 g/mol. The van der Waals surface area contributed by atoms with Crippen molar-refractivity contribution in [1.82, 2.24) is 13.6 Å². The third kappa shape index (κ3) is 2.58. The van der Waals surface area contributed by atoms with Crippen molar-refractivity contribution in [3.63, 3.8) is 0 Å². The molecule has 2 aliphatic rings. The van der Waals surface area contributed by atoms with Gasteiger partial charge in [0.05, 0.1) is 22.1 Å². The van der Waals surface area contributed by atoms with Gasteiger partial charge in [-0.25, -0.2) is 0 Å². The van der Waals surface area contributed by atoms with Crippen LogP contribution in [0.3, 0.4) is 0 Å². The Labute approximate surface area is 264 Å². The number of hydrogen-bond acceptors (Lipinski definition) is 0. The molecule has 0 spiro atoms. The maximum absolute atomic E-state index is 2.64. The lowest BCUT2D eigenvalue weighted by molar-refractivity contribution is 1.13. The van der Waals surface area contributed by atoms with Crippen LogP contribution in [0.5, 0.6) is 0 Å². The fourth-order valence-corrected chi connectivity index (χ4v) is 9.13. The minimum absolute atomic E-state index is 0.0648. The third-order valence-corrected chi connectivity index (χ3v) is 10.8. The minimum Gasteiger partial charge on any atom is -0.375 e. The summed E-state index contributed by atoms with van der Waals surface area (Å²) < 4.78 is 7.68. The van der Waals surface area contributed by atoms with Gasteiger partial charge in [-0.3, -0.25) is 0 Å². The second kappa shape index (κ2) is 7.98. The number of nitrogens with zero attached hydrogens (tertiary/aromatic N) is 3. The number of aromatic nitrogens is 3. The first kappa shape index (κ1) is 23.4. The summed E-state index contributed by atoms with van der Waals surface area (Å²) in [7, 11) is 0. The predicted octanol–water partition coefficient (Wildman–Crippen LogP) is 8.94. The lowest BCUT2D eigenvalue weighted by Gasteiger charge is -2.34. The monoisotopic (exact) mass is 581 g/mol. The Morgan fingerprint density at radius 1 is 0.391 bits per heavy atom. The lowest BCUT2D eigenvalue weighted by atomic mass is 9.45. The Morgan fingerprint density at radius 3 is 1.61 bits per heavy atom. The van der Waals surface area contributed by atoms with Crippen LogP contribution in [-0.2, 0) is 0 Å². The summed E-state index contributed by atoms with van der Waals surface area (Å²) in [5.74, 6) is 0. The molecule has 0 radical (unpaired) electrons.